The van der Waals surface area contributed by atoms with Gasteiger partial charge in [-0.1, -0.05) is 0 Å². The first kappa shape index (κ1) is 16.0. The summed E-state index contributed by atoms with van der Waals surface area (Å²) in [6.07, 6.45) is 0. The number of carboxylic acids is 1. The number of hydrogen-bond donors (Lipinski definition) is 5. The summed E-state index contributed by atoms with van der Waals surface area (Å²) in [5.41, 5.74) is 0.555. The van der Waals surface area contributed by atoms with Crippen molar-refractivity contribution in [3.05, 3.63) is 17.5 Å². The highest BCUT2D eigenvalue weighted by Crippen LogP contribution is 2.16. The van der Waals surface area contributed by atoms with Crippen molar-refractivity contribution in [2.45, 2.75) is 6.92 Å². The Labute approximate surface area is 115 Å². The molecule has 0 atom stereocenters. The summed E-state index contributed by atoms with van der Waals surface area (Å²) in [4.78, 5) is 25.0. The summed E-state index contributed by atoms with van der Waals surface area (Å²) in [7, 11) is -2.12. The molecule has 0 spiro atoms. The Morgan fingerprint density at radius 3 is 2.60 bits per heavy atom. The molecular weight excluding hydrogens is 288 g/mol. The number of carbonyl (C=O) groups is 2. The lowest BCUT2D eigenvalue weighted by Crippen LogP contribution is -2.35. The number of aromatic amines is 1. The molecule has 0 aliphatic heterocycles. The first-order valence-corrected chi connectivity index (χ1v) is 7.29. The van der Waals surface area contributed by atoms with Gasteiger partial charge < -0.3 is 20.7 Å². The van der Waals surface area contributed by atoms with Crippen LogP contribution in [0, 0.1) is 6.92 Å². The number of amides is 2. The van der Waals surface area contributed by atoms with Crippen LogP contribution < -0.4 is 15.4 Å². The zero-order chi connectivity index (χ0) is 15.3. The number of aryl methyl sites for hydroxylation is 1. The number of aromatic nitrogens is 1. The van der Waals surface area contributed by atoms with E-state index in [9.17, 15) is 18.0 Å². The fraction of sp³-hybridized carbons (Fsp3) is 0.400. The molecule has 0 aliphatic carbocycles. The third-order valence-corrected chi connectivity index (χ3v) is 3.75. The molecular formula is C10H16N4O5S. The largest absolute Gasteiger partial charge is 0.477 e. The van der Waals surface area contributed by atoms with Gasteiger partial charge in [0.1, 0.15) is 5.69 Å². The van der Waals surface area contributed by atoms with Gasteiger partial charge in [0.05, 0.1) is 11.4 Å². The Morgan fingerprint density at radius 2 is 2.05 bits per heavy atom. The van der Waals surface area contributed by atoms with Crippen molar-refractivity contribution in [3.8, 4) is 0 Å². The van der Waals surface area contributed by atoms with E-state index in [2.05, 4.69) is 20.3 Å². The van der Waals surface area contributed by atoms with E-state index in [4.69, 9.17) is 5.11 Å². The van der Waals surface area contributed by atoms with Gasteiger partial charge in [-0.2, -0.15) is 0 Å². The summed E-state index contributed by atoms with van der Waals surface area (Å²) in [6.45, 7) is 1.55. The number of anilines is 1. The van der Waals surface area contributed by atoms with Gasteiger partial charge in [-0.15, -0.1) is 0 Å². The van der Waals surface area contributed by atoms with Crippen molar-refractivity contribution in [3.63, 3.8) is 0 Å². The van der Waals surface area contributed by atoms with E-state index in [1.807, 2.05) is 0 Å². The van der Waals surface area contributed by atoms with Crippen LogP contribution in [0.3, 0.4) is 0 Å². The fourth-order valence-corrected chi connectivity index (χ4v) is 2.00. The van der Waals surface area contributed by atoms with Crippen molar-refractivity contribution in [2.75, 3.05) is 24.7 Å². The highest BCUT2D eigenvalue weighted by molar-refractivity contribution is 7.89. The van der Waals surface area contributed by atoms with Crippen molar-refractivity contribution in [1.29, 1.82) is 0 Å². The zero-order valence-corrected chi connectivity index (χ0v) is 11.8. The third kappa shape index (κ3) is 4.55. The molecule has 1 aromatic heterocycles. The summed E-state index contributed by atoms with van der Waals surface area (Å²) >= 11 is 0. The average Bonchev–Trinajstić information content (AvgIpc) is 2.70. The Morgan fingerprint density at radius 1 is 1.40 bits per heavy atom. The monoisotopic (exact) mass is 304 g/mol. The lowest BCUT2D eigenvalue weighted by molar-refractivity contribution is 0.0692. The zero-order valence-electron chi connectivity index (χ0n) is 11.0. The van der Waals surface area contributed by atoms with Gasteiger partial charge in [0.2, 0.25) is 10.0 Å². The summed E-state index contributed by atoms with van der Waals surface area (Å²) < 4.78 is 24.4. The minimum atomic E-state index is -3.40. The van der Waals surface area contributed by atoms with E-state index in [0.717, 1.165) is 0 Å². The molecule has 1 heterocycles. The van der Waals surface area contributed by atoms with Crippen LogP contribution in [-0.4, -0.2) is 49.9 Å². The number of rotatable bonds is 6. The molecule has 2 amide bonds. The van der Waals surface area contributed by atoms with Gasteiger partial charge in [0.25, 0.3) is 0 Å². The predicted molar refractivity (Wildman–Crippen MR) is 72.4 cm³/mol. The van der Waals surface area contributed by atoms with E-state index >= 15 is 0 Å². The van der Waals surface area contributed by atoms with Crippen LogP contribution in [0.2, 0.25) is 0 Å². The molecule has 1 rings (SSSR count). The van der Waals surface area contributed by atoms with Crippen LogP contribution in [0.1, 0.15) is 16.2 Å². The smallest absolute Gasteiger partial charge is 0.354 e. The molecule has 0 saturated carbocycles. The number of carboxylic acid groups (broad SMARTS) is 1. The van der Waals surface area contributed by atoms with Crippen molar-refractivity contribution < 1.29 is 23.1 Å². The predicted octanol–water partition coefficient (Wildman–Crippen LogP) is -0.308. The van der Waals surface area contributed by atoms with Gasteiger partial charge in [0.15, 0.2) is 0 Å². The summed E-state index contributed by atoms with van der Waals surface area (Å²) in [5, 5.41) is 13.6. The number of aromatic carboxylic acids is 1. The first-order valence-electron chi connectivity index (χ1n) is 5.64. The van der Waals surface area contributed by atoms with Gasteiger partial charge in [0, 0.05) is 12.2 Å². The van der Waals surface area contributed by atoms with Crippen molar-refractivity contribution >= 4 is 27.7 Å². The van der Waals surface area contributed by atoms with E-state index in [0.29, 0.717) is 5.69 Å². The highest BCUT2D eigenvalue weighted by Gasteiger charge is 2.15. The molecule has 5 N–H and O–H groups in total. The van der Waals surface area contributed by atoms with E-state index in [1.54, 1.807) is 6.92 Å². The Balaban J connectivity index is 2.57. The lowest BCUT2D eigenvalue weighted by atomic mass is 10.3. The SMILES string of the molecule is CNS(=O)(=O)CCNC(=O)Nc1cc(C)[nH]c1C(=O)O. The van der Waals surface area contributed by atoms with Gasteiger partial charge in [-0.25, -0.2) is 22.7 Å². The summed E-state index contributed by atoms with van der Waals surface area (Å²) in [5.74, 6) is -1.47. The van der Waals surface area contributed by atoms with Gasteiger partial charge in [-0.05, 0) is 20.0 Å². The molecule has 10 heteroatoms. The number of urea groups is 1. The lowest BCUT2D eigenvalue weighted by Gasteiger charge is -2.07. The molecule has 112 valence electrons. The molecule has 0 radical (unpaired) electrons. The first-order chi connectivity index (χ1) is 9.25. The fourth-order valence-electron chi connectivity index (χ4n) is 1.42. The molecule has 9 nitrogen and oxygen atoms in total. The van der Waals surface area contributed by atoms with Crippen molar-refractivity contribution in [1.82, 2.24) is 15.0 Å². The van der Waals surface area contributed by atoms with Crippen molar-refractivity contribution in [2.24, 2.45) is 0 Å². The molecule has 0 aromatic carbocycles. The second kappa shape index (κ2) is 6.39. The molecule has 0 unspecified atom stereocenters. The van der Waals surface area contributed by atoms with Crippen LogP contribution >= 0.6 is 0 Å². The quantitative estimate of drug-likeness (QED) is 0.490. The maximum atomic E-state index is 11.5. The molecule has 20 heavy (non-hydrogen) atoms. The van der Waals surface area contributed by atoms with E-state index in [-0.39, 0.29) is 23.7 Å². The third-order valence-electron chi connectivity index (χ3n) is 2.38. The number of carbonyl (C=O) groups excluding carboxylic acids is 1. The number of H-pyrrole nitrogens is 1. The normalized spacial score (nSPS) is 11.1. The standard InChI is InChI=1S/C10H16N4O5S/c1-6-5-7(8(13-6)9(15)16)14-10(17)12-3-4-20(18,19)11-2/h5,11,13H,3-4H2,1-2H3,(H,15,16)(H2,12,14,17). The van der Waals surface area contributed by atoms with Crippen LogP contribution in [0.5, 0.6) is 0 Å². The Bertz CT molecular complexity index is 607. The number of hydrogen-bond acceptors (Lipinski definition) is 4. The second-order valence-corrected chi connectivity index (χ2v) is 6.00. The molecule has 1 aromatic rings. The van der Waals surface area contributed by atoms with Crippen LogP contribution in [0.4, 0.5) is 10.5 Å². The maximum Gasteiger partial charge on any atom is 0.354 e. The molecule has 0 bridgehead atoms. The Kier molecular flexibility index (Phi) is 5.11. The average molecular weight is 304 g/mol. The topological polar surface area (TPSA) is 140 Å². The van der Waals surface area contributed by atoms with Crippen LogP contribution in [0.15, 0.2) is 6.07 Å². The van der Waals surface area contributed by atoms with E-state index in [1.165, 1.54) is 13.1 Å². The van der Waals surface area contributed by atoms with Gasteiger partial charge in [-0.3, -0.25) is 0 Å². The van der Waals surface area contributed by atoms with Crippen LogP contribution in [-0.2, 0) is 10.0 Å². The number of nitrogens with one attached hydrogen (secondary N) is 4. The second-order valence-electron chi connectivity index (χ2n) is 3.95. The number of sulfonamides is 1. The maximum absolute atomic E-state index is 11.5. The van der Waals surface area contributed by atoms with Gasteiger partial charge >= 0.3 is 12.0 Å². The summed E-state index contributed by atoms with van der Waals surface area (Å²) in [6, 6.07) is 0.783. The minimum absolute atomic E-state index is 0.0964. The molecule has 0 fully saturated rings. The Hall–Kier alpha value is -2.07. The van der Waals surface area contributed by atoms with Crippen LogP contribution in [0.25, 0.3) is 0 Å². The minimum Gasteiger partial charge on any atom is -0.477 e. The molecule has 0 saturated heterocycles. The highest BCUT2D eigenvalue weighted by atomic mass is 32.2. The van der Waals surface area contributed by atoms with E-state index < -0.39 is 22.0 Å². The molecule has 0 aliphatic rings.